The molecule has 162 valence electrons. The molecule has 0 fully saturated rings. The van der Waals surface area contributed by atoms with E-state index < -0.39 is 10.0 Å². The van der Waals surface area contributed by atoms with Crippen LogP contribution in [-0.4, -0.2) is 52.2 Å². The molecule has 7 heteroatoms. The molecule has 2 unspecified atom stereocenters. The van der Waals surface area contributed by atoms with Crippen molar-refractivity contribution in [2.45, 2.75) is 38.8 Å². The van der Waals surface area contributed by atoms with Gasteiger partial charge in [-0.15, -0.1) is 0 Å². The first kappa shape index (κ1) is 22.3. The number of hydrogen-bond donors (Lipinski definition) is 1. The highest BCUT2D eigenvalue weighted by Crippen LogP contribution is 2.34. The third-order valence-corrected chi connectivity index (χ3v) is 6.98. The molecule has 30 heavy (non-hydrogen) atoms. The zero-order valence-electron chi connectivity index (χ0n) is 18.3. The lowest BCUT2D eigenvalue weighted by molar-refractivity contribution is 0.0942. The summed E-state index contributed by atoms with van der Waals surface area (Å²) in [7, 11) is 0.664. The van der Waals surface area contributed by atoms with Crippen LogP contribution in [0.5, 0.6) is 0 Å². The maximum atomic E-state index is 12.8. The molecule has 0 spiro atoms. The van der Waals surface area contributed by atoms with Gasteiger partial charge in [-0.1, -0.05) is 31.2 Å². The van der Waals surface area contributed by atoms with Crippen molar-refractivity contribution in [2.75, 3.05) is 31.2 Å². The van der Waals surface area contributed by atoms with Gasteiger partial charge in [0.05, 0.1) is 18.0 Å². The van der Waals surface area contributed by atoms with Gasteiger partial charge in [0.1, 0.15) is 0 Å². The molecule has 2 atom stereocenters. The zero-order chi connectivity index (χ0) is 22.1. The molecule has 0 aliphatic carbocycles. The lowest BCUT2D eigenvalue weighted by Gasteiger charge is -2.25. The highest BCUT2D eigenvalue weighted by atomic mass is 32.2. The molecular weight excluding hydrogens is 398 g/mol. The van der Waals surface area contributed by atoms with Gasteiger partial charge in [-0.05, 0) is 68.8 Å². The molecule has 0 radical (unpaired) electrons. The Morgan fingerprint density at radius 2 is 1.87 bits per heavy atom. The van der Waals surface area contributed by atoms with Crippen LogP contribution in [0.25, 0.3) is 0 Å². The standard InChI is InChI=1S/C23H31N3O3S/c1-6-17-7-9-18(10-8-17)22(25(3)4)15-24-23(27)19-11-12-21-20(14-19)13-16(2)26(21)30(5,28)29/h7-12,14,16,22H,6,13,15H2,1-5H3,(H,24,27). The Hall–Kier alpha value is -2.38. The third-order valence-electron chi connectivity index (χ3n) is 5.70. The van der Waals surface area contributed by atoms with Gasteiger partial charge in [-0.25, -0.2) is 8.42 Å². The van der Waals surface area contributed by atoms with Crippen LogP contribution in [0.4, 0.5) is 5.69 Å². The summed E-state index contributed by atoms with van der Waals surface area (Å²) < 4.78 is 25.6. The van der Waals surface area contributed by atoms with Crippen molar-refractivity contribution < 1.29 is 13.2 Å². The van der Waals surface area contributed by atoms with Gasteiger partial charge in [-0.3, -0.25) is 9.10 Å². The van der Waals surface area contributed by atoms with E-state index in [1.165, 1.54) is 16.1 Å². The van der Waals surface area contributed by atoms with E-state index in [0.29, 0.717) is 24.2 Å². The number of benzene rings is 2. The summed E-state index contributed by atoms with van der Waals surface area (Å²) in [5.41, 5.74) is 4.55. The van der Waals surface area contributed by atoms with Gasteiger partial charge in [0, 0.05) is 18.2 Å². The molecule has 1 amide bonds. The number of hydrogen-bond acceptors (Lipinski definition) is 4. The maximum absolute atomic E-state index is 12.8. The van der Waals surface area contributed by atoms with Crippen LogP contribution < -0.4 is 9.62 Å². The Labute approximate surface area is 179 Å². The quantitative estimate of drug-likeness (QED) is 0.735. The number of carbonyl (C=O) groups is 1. The van der Waals surface area contributed by atoms with Crippen molar-refractivity contribution in [1.29, 1.82) is 0 Å². The molecule has 1 N–H and O–H groups in total. The Morgan fingerprint density at radius 3 is 2.43 bits per heavy atom. The molecule has 3 rings (SSSR count). The van der Waals surface area contributed by atoms with E-state index >= 15 is 0 Å². The first-order valence-corrected chi connectivity index (χ1v) is 12.1. The number of aryl methyl sites for hydroxylation is 1. The van der Waals surface area contributed by atoms with Crippen LogP contribution in [0, 0.1) is 0 Å². The molecule has 2 aromatic carbocycles. The molecule has 6 nitrogen and oxygen atoms in total. The van der Waals surface area contributed by atoms with Gasteiger partial charge in [-0.2, -0.15) is 0 Å². The van der Waals surface area contributed by atoms with Crippen LogP contribution in [0.3, 0.4) is 0 Å². The number of amides is 1. The normalized spacial score (nSPS) is 17.1. The topological polar surface area (TPSA) is 69.7 Å². The SMILES string of the molecule is CCc1ccc(C(CNC(=O)c2ccc3c(c2)CC(C)N3S(C)(=O)=O)N(C)C)cc1. The number of rotatable bonds is 7. The van der Waals surface area contributed by atoms with Crippen molar-refractivity contribution >= 4 is 21.6 Å². The van der Waals surface area contributed by atoms with Crippen molar-refractivity contribution in [2.24, 2.45) is 0 Å². The van der Waals surface area contributed by atoms with Crippen molar-refractivity contribution in [3.05, 3.63) is 64.7 Å². The van der Waals surface area contributed by atoms with Crippen LogP contribution >= 0.6 is 0 Å². The highest BCUT2D eigenvalue weighted by molar-refractivity contribution is 7.92. The first-order chi connectivity index (χ1) is 14.1. The summed E-state index contributed by atoms with van der Waals surface area (Å²) in [6, 6.07) is 13.7. The number of fused-ring (bicyclic) bond motifs is 1. The number of carbonyl (C=O) groups excluding carboxylic acids is 1. The molecule has 0 saturated carbocycles. The Balaban J connectivity index is 1.73. The number of sulfonamides is 1. The van der Waals surface area contributed by atoms with Crippen LogP contribution in [-0.2, 0) is 22.9 Å². The molecule has 1 aliphatic heterocycles. The Morgan fingerprint density at radius 1 is 1.20 bits per heavy atom. The molecule has 0 bridgehead atoms. The van der Waals surface area contributed by atoms with Crippen LogP contribution in [0.1, 0.15) is 46.9 Å². The predicted octanol–water partition coefficient (Wildman–Crippen LogP) is 2.99. The van der Waals surface area contributed by atoms with E-state index in [1.54, 1.807) is 12.1 Å². The molecular formula is C23H31N3O3S. The van der Waals surface area contributed by atoms with E-state index in [1.807, 2.05) is 27.1 Å². The minimum Gasteiger partial charge on any atom is -0.350 e. The van der Waals surface area contributed by atoms with Gasteiger partial charge in [0.25, 0.3) is 5.91 Å². The predicted molar refractivity (Wildman–Crippen MR) is 122 cm³/mol. The Bertz CT molecular complexity index is 1020. The van der Waals surface area contributed by atoms with E-state index in [-0.39, 0.29) is 18.0 Å². The molecule has 0 saturated heterocycles. The summed E-state index contributed by atoms with van der Waals surface area (Å²) >= 11 is 0. The second kappa shape index (κ2) is 8.78. The van der Waals surface area contributed by atoms with E-state index in [4.69, 9.17) is 0 Å². The molecule has 2 aromatic rings. The minimum atomic E-state index is -3.34. The van der Waals surface area contributed by atoms with Crippen molar-refractivity contribution in [1.82, 2.24) is 10.2 Å². The first-order valence-electron chi connectivity index (χ1n) is 10.3. The smallest absolute Gasteiger partial charge is 0.251 e. The van der Waals surface area contributed by atoms with Gasteiger partial charge in [0.2, 0.25) is 10.0 Å². The summed E-state index contributed by atoms with van der Waals surface area (Å²) in [6.45, 7) is 4.50. The average Bonchev–Trinajstić information content (AvgIpc) is 3.03. The zero-order valence-corrected chi connectivity index (χ0v) is 19.2. The lowest BCUT2D eigenvalue weighted by atomic mass is 10.0. The van der Waals surface area contributed by atoms with Gasteiger partial charge >= 0.3 is 0 Å². The molecule has 0 aromatic heterocycles. The summed E-state index contributed by atoms with van der Waals surface area (Å²) in [4.78, 5) is 14.9. The van der Waals surface area contributed by atoms with E-state index in [9.17, 15) is 13.2 Å². The van der Waals surface area contributed by atoms with Crippen LogP contribution in [0.15, 0.2) is 42.5 Å². The maximum Gasteiger partial charge on any atom is 0.251 e. The monoisotopic (exact) mass is 429 g/mol. The third kappa shape index (κ3) is 4.68. The number of nitrogens with one attached hydrogen (secondary N) is 1. The van der Waals surface area contributed by atoms with E-state index in [2.05, 4.69) is 41.4 Å². The second-order valence-electron chi connectivity index (χ2n) is 8.24. The molecule has 1 aliphatic rings. The largest absolute Gasteiger partial charge is 0.350 e. The number of anilines is 1. The van der Waals surface area contributed by atoms with Crippen molar-refractivity contribution in [3.8, 4) is 0 Å². The van der Waals surface area contributed by atoms with Gasteiger partial charge < -0.3 is 10.2 Å². The van der Waals surface area contributed by atoms with Crippen molar-refractivity contribution in [3.63, 3.8) is 0 Å². The van der Waals surface area contributed by atoms with Gasteiger partial charge in [0.15, 0.2) is 0 Å². The number of nitrogens with zero attached hydrogens (tertiary/aromatic N) is 2. The Kier molecular flexibility index (Phi) is 6.53. The van der Waals surface area contributed by atoms with E-state index in [0.717, 1.165) is 17.5 Å². The average molecular weight is 430 g/mol. The fourth-order valence-corrected chi connectivity index (χ4v) is 5.38. The number of likely N-dealkylation sites (N-methyl/N-ethyl adjacent to an activating group) is 1. The minimum absolute atomic E-state index is 0.0648. The lowest BCUT2D eigenvalue weighted by Crippen LogP contribution is -2.35. The fourth-order valence-electron chi connectivity index (χ4n) is 4.11. The summed E-state index contributed by atoms with van der Waals surface area (Å²) in [5, 5.41) is 3.04. The highest BCUT2D eigenvalue weighted by Gasteiger charge is 2.32. The molecule has 1 heterocycles. The second-order valence-corrected chi connectivity index (χ2v) is 10.1. The van der Waals surface area contributed by atoms with Crippen LogP contribution in [0.2, 0.25) is 0 Å². The fraction of sp³-hybridized carbons (Fsp3) is 0.435. The summed E-state index contributed by atoms with van der Waals surface area (Å²) in [6.07, 6.45) is 2.82. The summed E-state index contributed by atoms with van der Waals surface area (Å²) in [5.74, 6) is -0.153.